The number of pyridine rings is 1. The van der Waals surface area contributed by atoms with Gasteiger partial charge in [0.25, 0.3) is 5.91 Å². The van der Waals surface area contributed by atoms with Crippen molar-refractivity contribution in [2.24, 2.45) is 0 Å². The highest BCUT2D eigenvalue weighted by Crippen LogP contribution is 2.12. The molecule has 150 valence electrons. The van der Waals surface area contributed by atoms with Gasteiger partial charge in [0, 0.05) is 19.3 Å². The second-order valence-corrected chi connectivity index (χ2v) is 6.55. The molecule has 6 heteroatoms. The average molecular weight is 393 g/mol. The van der Waals surface area contributed by atoms with Gasteiger partial charge in [-0.25, -0.2) is 9.37 Å². The van der Waals surface area contributed by atoms with E-state index in [-0.39, 0.29) is 11.7 Å². The number of ether oxygens (including phenoxy) is 1. The molecule has 0 radical (unpaired) electrons. The standard InChI is InChI=1S/C23H24FN3O2/c1-29-20-9-6-17(7-10-20)12-14-25-22-11-8-19(16-27-22)23(28)26-15-13-18-4-2-3-5-21(18)24/h2-11,16H,12-15H2,1H3,(H,25,27)(H,26,28). The van der Waals surface area contributed by atoms with Crippen LogP contribution in [0, 0.1) is 5.82 Å². The molecule has 0 atom stereocenters. The van der Waals surface area contributed by atoms with Crippen molar-refractivity contribution in [2.45, 2.75) is 12.8 Å². The molecule has 0 aliphatic heterocycles. The van der Waals surface area contributed by atoms with Crippen LogP contribution in [0.4, 0.5) is 10.2 Å². The van der Waals surface area contributed by atoms with E-state index in [4.69, 9.17) is 4.74 Å². The largest absolute Gasteiger partial charge is 0.497 e. The number of nitrogens with zero attached hydrogens (tertiary/aromatic N) is 1. The lowest BCUT2D eigenvalue weighted by Gasteiger charge is -2.08. The number of aromatic nitrogens is 1. The summed E-state index contributed by atoms with van der Waals surface area (Å²) in [5.74, 6) is 1.07. The lowest BCUT2D eigenvalue weighted by Crippen LogP contribution is -2.26. The third kappa shape index (κ3) is 6.04. The summed E-state index contributed by atoms with van der Waals surface area (Å²) >= 11 is 0. The number of nitrogens with one attached hydrogen (secondary N) is 2. The first-order valence-corrected chi connectivity index (χ1v) is 9.50. The van der Waals surface area contributed by atoms with E-state index < -0.39 is 0 Å². The summed E-state index contributed by atoms with van der Waals surface area (Å²) in [5, 5.41) is 6.03. The molecule has 0 aliphatic carbocycles. The smallest absolute Gasteiger partial charge is 0.252 e. The summed E-state index contributed by atoms with van der Waals surface area (Å²) in [7, 11) is 1.65. The van der Waals surface area contributed by atoms with Crippen LogP contribution >= 0.6 is 0 Å². The van der Waals surface area contributed by atoms with E-state index in [1.807, 2.05) is 24.3 Å². The molecule has 0 saturated carbocycles. The van der Waals surface area contributed by atoms with E-state index in [9.17, 15) is 9.18 Å². The van der Waals surface area contributed by atoms with Crippen LogP contribution in [0.3, 0.4) is 0 Å². The molecule has 5 nitrogen and oxygen atoms in total. The lowest BCUT2D eigenvalue weighted by molar-refractivity contribution is 0.0953. The van der Waals surface area contributed by atoms with Crippen molar-refractivity contribution < 1.29 is 13.9 Å². The van der Waals surface area contributed by atoms with E-state index in [1.165, 1.54) is 17.8 Å². The van der Waals surface area contributed by atoms with Crippen molar-refractivity contribution in [2.75, 3.05) is 25.5 Å². The summed E-state index contributed by atoms with van der Waals surface area (Å²) in [5.41, 5.74) is 2.26. The first-order valence-electron chi connectivity index (χ1n) is 9.50. The van der Waals surface area contributed by atoms with E-state index in [0.717, 1.165) is 18.7 Å². The van der Waals surface area contributed by atoms with E-state index in [1.54, 1.807) is 37.4 Å². The Morgan fingerprint density at radius 1 is 1.00 bits per heavy atom. The van der Waals surface area contributed by atoms with Crippen LogP contribution in [0.1, 0.15) is 21.5 Å². The van der Waals surface area contributed by atoms with E-state index in [0.29, 0.717) is 29.9 Å². The summed E-state index contributed by atoms with van der Waals surface area (Å²) in [6, 6.07) is 18.0. The van der Waals surface area contributed by atoms with Crippen LogP contribution in [0.15, 0.2) is 66.9 Å². The topological polar surface area (TPSA) is 63.2 Å². The molecule has 1 amide bonds. The monoisotopic (exact) mass is 393 g/mol. The third-order valence-corrected chi connectivity index (χ3v) is 4.54. The minimum absolute atomic E-state index is 0.223. The molecule has 1 heterocycles. The number of hydrogen-bond donors (Lipinski definition) is 2. The highest BCUT2D eigenvalue weighted by molar-refractivity contribution is 5.94. The molecule has 0 unspecified atom stereocenters. The van der Waals surface area contributed by atoms with Gasteiger partial charge in [0.15, 0.2) is 0 Å². The highest BCUT2D eigenvalue weighted by atomic mass is 19.1. The van der Waals surface area contributed by atoms with Crippen molar-refractivity contribution in [1.29, 1.82) is 0 Å². The number of methoxy groups -OCH3 is 1. The molecule has 0 bridgehead atoms. The molecule has 29 heavy (non-hydrogen) atoms. The zero-order chi connectivity index (χ0) is 20.5. The van der Waals surface area contributed by atoms with Gasteiger partial charge < -0.3 is 15.4 Å². The molecule has 0 fully saturated rings. The summed E-state index contributed by atoms with van der Waals surface area (Å²) in [6.45, 7) is 1.09. The molecular formula is C23H24FN3O2. The summed E-state index contributed by atoms with van der Waals surface area (Å²) in [4.78, 5) is 16.5. The van der Waals surface area contributed by atoms with Gasteiger partial charge in [0.05, 0.1) is 12.7 Å². The molecule has 3 rings (SSSR count). The number of halogens is 1. The van der Waals surface area contributed by atoms with Gasteiger partial charge in [-0.3, -0.25) is 4.79 Å². The molecule has 2 N–H and O–H groups in total. The Morgan fingerprint density at radius 2 is 1.79 bits per heavy atom. The maximum absolute atomic E-state index is 13.6. The zero-order valence-electron chi connectivity index (χ0n) is 16.3. The molecule has 0 aliphatic rings. The second kappa shape index (κ2) is 10.2. The van der Waals surface area contributed by atoms with Crippen LogP contribution in [0.25, 0.3) is 0 Å². The third-order valence-electron chi connectivity index (χ3n) is 4.54. The fourth-order valence-corrected chi connectivity index (χ4v) is 2.87. The Hall–Kier alpha value is -3.41. The number of carbonyl (C=O) groups excluding carboxylic acids is 1. The summed E-state index contributed by atoms with van der Waals surface area (Å²) in [6.07, 6.45) is 2.83. The fourth-order valence-electron chi connectivity index (χ4n) is 2.87. The van der Waals surface area contributed by atoms with Gasteiger partial charge >= 0.3 is 0 Å². The van der Waals surface area contributed by atoms with Gasteiger partial charge in [0.1, 0.15) is 17.4 Å². The zero-order valence-corrected chi connectivity index (χ0v) is 16.3. The lowest BCUT2D eigenvalue weighted by atomic mass is 10.1. The van der Waals surface area contributed by atoms with Gasteiger partial charge in [-0.2, -0.15) is 0 Å². The molecular weight excluding hydrogens is 369 g/mol. The molecule has 2 aromatic carbocycles. The average Bonchev–Trinajstić information content (AvgIpc) is 2.76. The molecule has 0 spiro atoms. The number of carbonyl (C=O) groups is 1. The fraction of sp³-hybridized carbons (Fsp3) is 0.217. The van der Waals surface area contributed by atoms with Crippen molar-refractivity contribution in [3.05, 3.63) is 89.4 Å². The maximum Gasteiger partial charge on any atom is 0.252 e. The van der Waals surface area contributed by atoms with Crippen LogP contribution in [0.2, 0.25) is 0 Å². The Morgan fingerprint density at radius 3 is 2.48 bits per heavy atom. The molecule has 0 saturated heterocycles. The van der Waals surface area contributed by atoms with Gasteiger partial charge in [-0.15, -0.1) is 0 Å². The Labute approximate surface area is 169 Å². The van der Waals surface area contributed by atoms with Gasteiger partial charge in [0.2, 0.25) is 0 Å². The number of amides is 1. The summed E-state index contributed by atoms with van der Waals surface area (Å²) < 4.78 is 18.7. The number of benzene rings is 2. The van der Waals surface area contributed by atoms with Crippen LogP contribution in [0.5, 0.6) is 5.75 Å². The number of hydrogen-bond acceptors (Lipinski definition) is 4. The van der Waals surface area contributed by atoms with Crippen LogP contribution in [-0.4, -0.2) is 31.1 Å². The number of anilines is 1. The Kier molecular flexibility index (Phi) is 7.16. The first-order chi connectivity index (χ1) is 14.2. The predicted octanol–water partition coefficient (Wildman–Crippen LogP) is 3.86. The molecule has 1 aromatic heterocycles. The van der Waals surface area contributed by atoms with Crippen LogP contribution < -0.4 is 15.4 Å². The maximum atomic E-state index is 13.6. The predicted molar refractivity (Wildman–Crippen MR) is 112 cm³/mol. The van der Waals surface area contributed by atoms with Crippen molar-refractivity contribution >= 4 is 11.7 Å². The normalized spacial score (nSPS) is 10.4. The minimum Gasteiger partial charge on any atom is -0.497 e. The Balaban J connectivity index is 1.42. The second-order valence-electron chi connectivity index (χ2n) is 6.55. The highest BCUT2D eigenvalue weighted by Gasteiger charge is 2.07. The number of rotatable bonds is 9. The van der Waals surface area contributed by atoms with E-state index in [2.05, 4.69) is 15.6 Å². The minimum atomic E-state index is -0.256. The van der Waals surface area contributed by atoms with Crippen molar-refractivity contribution in [3.8, 4) is 5.75 Å². The molecule has 3 aromatic rings. The van der Waals surface area contributed by atoms with Crippen molar-refractivity contribution in [3.63, 3.8) is 0 Å². The quantitative estimate of drug-likeness (QED) is 0.580. The van der Waals surface area contributed by atoms with E-state index >= 15 is 0 Å². The van der Waals surface area contributed by atoms with Crippen molar-refractivity contribution in [1.82, 2.24) is 10.3 Å². The van der Waals surface area contributed by atoms with Gasteiger partial charge in [-0.05, 0) is 54.3 Å². The van der Waals surface area contributed by atoms with Gasteiger partial charge in [-0.1, -0.05) is 30.3 Å². The van der Waals surface area contributed by atoms with Crippen LogP contribution in [-0.2, 0) is 12.8 Å². The first kappa shape index (κ1) is 20.3. The Bertz CT molecular complexity index is 928. The SMILES string of the molecule is COc1ccc(CCNc2ccc(C(=O)NCCc3ccccc3F)cn2)cc1.